The largest absolute Gasteiger partial charge is 0.366 e. The van der Waals surface area contributed by atoms with Gasteiger partial charge in [0.2, 0.25) is 0 Å². The van der Waals surface area contributed by atoms with Crippen LogP contribution in [0, 0.1) is 5.41 Å². The van der Waals surface area contributed by atoms with Crippen LogP contribution in [0.2, 0.25) is 0 Å². The van der Waals surface area contributed by atoms with Crippen LogP contribution in [0.1, 0.15) is 47.0 Å². The number of ketones is 1. The molecule has 0 bridgehead atoms. The fourth-order valence-electron chi connectivity index (χ4n) is 2.42. The molecule has 17 heavy (non-hydrogen) atoms. The van der Waals surface area contributed by atoms with Crippen molar-refractivity contribution < 1.29 is 9.53 Å². The van der Waals surface area contributed by atoms with Gasteiger partial charge in [0.1, 0.15) is 0 Å². The van der Waals surface area contributed by atoms with Crippen molar-refractivity contribution in [1.29, 1.82) is 0 Å². The van der Waals surface area contributed by atoms with E-state index in [9.17, 15) is 4.79 Å². The van der Waals surface area contributed by atoms with Crippen molar-refractivity contribution in [3.63, 3.8) is 0 Å². The van der Waals surface area contributed by atoms with Crippen LogP contribution in [-0.2, 0) is 9.53 Å². The summed E-state index contributed by atoms with van der Waals surface area (Å²) >= 11 is 0. The molecule has 2 nitrogen and oxygen atoms in total. The second kappa shape index (κ2) is 4.09. The minimum atomic E-state index is 0.0305. The van der Waals surface area contributed by atoms with E-state index in [2.05, 4.69) is 20.8 Å². The van der Waals surface area contributed by atoms with Gasteiger partial charge in [-0.25, -0.2) is 0 Å². The first-order valence-corrected chi connectivity index (χ1v) is 6.41. The zero-order valence-corrected chi connectivity index (χ0v) is 11.2. The van der Waals surface area contributed by atoms with Gasteiger partial charge >= 0.3 is 0 Å². The highest BCUT2D eigenvalue weighted by Crippen LogP contribution is 2.46. The molecule has 2 aliphatic rings. The minimum Gasteiger partial charge on any atom is -0.366 e. The number of allylic oxidation sites excluding steroid dienone is 4. The van der Waals surface area contributed by atoms with E-state index < -0.39 is 0 Å². The second-order valence-corrected chi connectivity index (χ2v) is 6.24. The average molecular weight is 234 g/mol. The number of hydrogen-bond acceptors (Lipinski definition) is 2. The lowest BCUT2D eigenvalue weighted by Gasteiger charge is -2.19. The van der Waals surface area contributed by atoms with Gasteiger partial charge in [-0.3, -0.25) is 4.79 Å². The number of carbonyl (C=O) groups excluding carboxylic acids is 1. The summed E-state index contributed by atoms with van der Waals surface area (Å²) < 4.78 is 5.83. The molecule has 0 aromatic rings. The maximum atomic E-state index is 11.8. The summed E-state index contributed by atoms with van der Waals surface area (Å²) in [6.45, 7) is 8.40. The second-order valence-electron chi connectivity index (χ2n) is 6.24. The third-order valence-corrected chi connectivity index (χ3v) is 3.91. The van der Waals surface area contributed by atoms with Crippen molar-refractivity contribution in [3.05, 3.63) is 23.8 Å². The number of ether oxygens (including phenoxy) is 1. The molecule has 0 amide bonds. The Labute approximate surface area is 104 Å². The molecule has 1 heterocycles. The van der Waals surface area contributed by atoms with Crippen molar-refractivity contribution in [2.45, 2.75) is 58.7 Å². The van der Waals surface area contributed by atoms with Crippen LogP contribution in [0.5, 0.6) is 0 Å². The molecule has 2 rings (SSSR count). The quantitative estimate of drug-likeness (QED) is 0.601. The number of hydrogen-bond donors (Lipinski definition) is 0. The summed E-state index contributed by atoms with van der Waals surface area (Å²) in [4.78, 5) is 11.8. The average Bonchev–Trinajstić information content (AvgIpc) is 2.83. The third kappa shape index (κ3) is 2.86. The van der Waals surface area contributed by atoms with Gasteiger partial charge in [0.05, 0.1) is 11.7 Å². The minimum absolute atomic E-state index is 0.0305. The third-order valence-electron chi connectivity index (χ3n) is 3.91. The molecule has 0 N–H and O–H groups in total. The summed E-state index contributed by atoms with van der Waals surface area (Å²) in [5.41, 5.74) is 0.914. The van der Waals surface area contributed by atoms with Crippen molar-refractivity contribution in [2.75, 3.05) is 0 Å². The number of epoxide rings is 1. The van der Waals surface area contributed by atoms with Gasteiger partial charge in [-0.05, 0) is 50.2 Å². The number of fused-ring (bicyclic) bond motifs is 1. The highest BCUT2D eigenvalue weighted by Gasteiger charge is 2.52. The fourth-order valence-corrected chi connectivity index (χ4v) is 2.42. The van der Waals surface area contributed by atoms with Crippen LogP contribution in [-0.4, -0.2) is 17.5 Å². The maximum Gasteiger partial charge on any atom is 0.180 e. The molecular weight excluding hydrogens is 212 g/mol. The summed E-state index contributed by atoms with van der Waals surface area (Å²) in [5.74, 6) is 0.139. The Balaban J connectivity index is 2.21. The smallest absolute Gasteiger partial charge is 0.180 e. The Morgan fingerprint density at radius 2 is 2.06 bits per heavy atom. The van der Waals surface area contributed by atoms with Gasteiger partial charge in [0, 0.05) is 0 Å². The molecule has 0 unspecified atom stereocenters. The van der Waals surface area contributed by atoms with E-state index >= 15 is 0 Å². The lowest BCUT2D eigenvalue weighted by Crippen LogP contribution is -2.17. The first kappa shape index (κ1) is 12.6. The van der Waals surface area contributed by atoms with Crippen LogP contribution in [0.4, 0.5) is 0 Å². The Morgan fingerprint density at radius 3 is 2.76 bits per heavy atom. The van der Waals surface area contributed by atoms with Gasteiger partial charge in [-0.2, -0.15) is 0 Å². The van der Waals surface area contributed by atoms with Gasteiger partial charge in [-0.15, -0.1) is 0 Å². The Morgan fingerprint density at radius 1 is 1.35 bits per heavy atom. The number of carbonyl (C=O) groups is 1. The molecular formula is C15H22O2. The van der Waals surface area contributed by atoms with E-state index in [1.165, 1.54) is 0 Å². The molecule has 0 aromatic carbocycles. The molecule has 0 spiro atoms. The Kier molecular flexibility index (Phi) is 3.03. The van der Waals surface area contributed by atoms with E-state index in [4.69, 9.17) is 4.74 Å². The monoisotopic (exact) mass is 234 g/mol. The lowest BCUT2D eigenvalue weighted by molar-refractivity contribution is -0.111. The predicted molar refractivity (Wildman–Crippen MR) is 68.8 cm³/mol. The van der Waals surface area contributed by atoms with E-state index in [-0.39, 0.29) is 16.8 Å². The fraction of sp³-hybridized carbons (Fsp3) is 0.667. The van der Waals surface area contributed by atoms with Crippen molar-refractivity contribution in [3.8, 4) is 0 Å². The molecule has 1 saturated heterocycles. The van der Waals surface area contributed by atoms with Gasteiger partial charge in [0.15, 0.2) is 5.78 Å². The normalized spacial score (nSPS) is 41.8. The summed E-state index contributed by atoms with van der Waals surface area (Å²) in [6.07, 6.45) is 9.07. The Hall–Kier alpha value is -0.890. The van der Waals surface area contributed by atoms with Crippen LogP contribution in [0.15, 0.2) is 23.8 Å². The molecule has 2 heteroatoms. The molecule has 1 fully saturated rings. The highest BCUT2D eigenvalue weighted by molar-refractivity contribution is 6.03. The summed E-state index contributed by atoms with van der Waals surface area (Å²) in [6, 6.07) is 0. The van der Waals surface area contributed by atoms with E-state index in [1.807, 2.05) is 19.1 Å². The van der Waals surface area contributed by atoms with Gasteiger partial charge in [0.25, 0.3) is 0 Å². The molecule has 1 aliphatic carbocycles. The van der Waals surface area contributed by atoms with E-state index in [1.54, 1.807) is 6.08 Å². The molecule has 2 atom stereocenters. The van der Waals surface area contributed by atoms with Crippen LogP contribution in [0.25, 0.3) is 0 Å². The van der Waals surface area contributed by atoms with Gasteiger partial charge in [-0.1, -0.05) is 26.0 Å². The summed E-state index contributed by atoms with van der Waals surface area (Å²) in [7, 11) is 0. The first-order valence-electron chi connectivity index (χ1n) is 6.41. The molecule has 0 saturated carbocycles. The molecule has 94 valence electrons. The van der Waals surface area contributed by atoms with E-state index in [0.717, 1.165) is 24.8 Å². The van der Waals surface area contributed by atoms with Crippen molar-refractivity contribution >= 4 is 5.78 Å². The predicted octanol–water partition coefficient (Wildman–Crippen LogP) is 3.43. The highest BCUT2D eigenvalue weighted by atomic mass is 16.6. The molecule has 0 aromatic heterocycles. The van der Waals surface area contributed by atoms with Crippen LogP contribution in [0.3, 0.4) is 0 Å². The van der Waals surface area contributed by atoms with Crippen LogP contribution >= 0.6 is 0 Å². The SMILES string of the molecule is C/C1=C\CC[C@@]2(C)O[C@H]2CC(C)(C)/C=C\C1=O. The Bertz CT molecular complexity index is 390. The summed E-state index contributed by atoms with van der Waals surface area (Å²) in [5, 5.41) is 0. The standard InChI is InChI=1S/C15H22O2/c1-11-6-5-8-15(4)13(17-15)10-14(2,3)9-7-12(11)16/h6-7,9,13H,5,8,10H2,1-4H3/b9-7-,11-6+/t13-,15+/m0/s1. The topological polar surface area (TPSA) is 29.6 Å². The maximum absolute atomic E-state index is 11.8. The van der Waals surface area contributed by atoms with E-state index in [0.29, 0.717) is 6.10 Å². The van der Waals surface area contributed by atoms with Crippen LogP contribution < -0.4 is 0 Å². The first-order chi connectivity index (χ1) is 7.82. The number of rotatable bonds is 0. The molecule has 1 aliphatic heterocycles. The van der Waals surface area contributed by atoms with Crippen molar-refractivity contribution in [2.24, 2.45) is 5.41 Å². The van der Waals surface area contributed by atoms with Crippen molar-refractivity contribution in [1.82, 2.24) is 0 Å². The van der Waals surface area contributed by atoms with Gasteiger partial charge < -0.3 is 4.74 Å². The molecule has 0 radical (unpaired) electrons. The lowest BCUT2D eigenvalue weighted by atomic mass is 9.84. The zero-order valence-electron chi connectivity index (χ0n) is 11.2. The zero-order chi connectivity index (χ0) is 12.7.